The van der Waals surface area contributed by atoms with Gasteiger partial charge in [-0.25, -0.2) is 0 Å². The first-order valence-electron chi connectivity index (χ1n) is 7.90. The molecule has 2 N–H and O–H groups in total. The third-order valence-corrected chi connectivity index (χ3v) is 4.27. The van der Waals surface area contributed by atoms with E-state index in [9.17, 15) is 9.59 Å². The van der Waals surface area contributed by atoms with Gasteiger partial charge in [-0.2, -0.15) is 0 Å². The lowest BCUT2D eigenvalue weighted by Crippen LogP contribution is -2.11. The van der Waals surface area contributed by atoms with E-state index in [0.717, 1.165) is 5.56 Å². The zero-order valence-electron chi connectivity index (χ0n) is 13.9. The minimum atomic E-state index is -0.346. The van der Waals surface area contributed by atoms with Gasteiger partial charge in [0.25, 0.3) is 5.91 Å². The molecule has 0 spiro atoms. The molecule has 136 valence electrons. The first kappa shape index (κ1) is 18.8. The zero-order valence-corrected chi connectivity index (χ0v) is 15.4. The molecule has 2 aromatic carbocycles. The number of furan rings is 1. The molecule has 7 heteroatoms. The van der Waals surface area contributed by atoms with Crippen LogP contribution in [0.3, 0.4) is 0 Å². The Kier molecular flexibility index (Phi) is 5.96. The molecular weight excluding hydrogens is 387 g/mol. The molecule has 0 aliphatic rings. The Morgan fingerprint density at radius 3 is 2.22 bits per heavy atom. The Hall–Kier alpha value is -3.02. The summed E-state index contributed by atoms with van der Waals surface area (Å²) in [5, 5.41) is 6.31. The van der Waals surface area contributed by atoms with Gasteiger partial charge in [-0.05, 0) is 60.2 Å². The van der Waals surface area contributed by atoms with Crippen LogP contribution in [-0.4, -0.2) is 11.8 Å². The molecule has 27 heavy (non-hydrogen) atoms. The Morgan fingerprint density at radius 2 is 1.59 bits per heavy atom. The van der Waals surface area contributed by atoms with Gasteiger partial charge in [0.2, 0.25) is 5.91 Å². The molecule has 3 aromatic rings. The van der Waals surface area contributed by atoms with Crippen LogP contribution in [0.15, 0.2) is 71.4 Å². The molecule has 0 unspecified atom stereocenters. The van der Waals surface area contributed by atoms with E-state index in [1.807, 2.05) is 0 Å². The lowest BCUT2D eigenvalue weighted by atomic mass is 10.2. The van der Waals surface area contributed by atoms with Crippen LogP contribution in [0.1, 0.15) is 16.1 Å². The van der Waals surface area contributed by atoms with E-state index < -0.39 is 0 Å². The largest absolute Gasteiger partial charge is 0.459 e. The summed E-state index contributed by atoms with van der Waals surface area (Å²) < 4.78 is 5.03. The molecule has 1 aromatic heterocycles. The number of hydrogen-bond acceptors (Lipinski definition) is 3. The van der Waals surface area contributed by atoms with Crippen molar-refractivity contribution in [3.05, 3.63) is 88.3 Å². The van der Waals surface area contributed by atoms with Crippen LogP contribution in [-0.2, 0) is 4.79 Å². The third-order valence-electron chi connectivity index (χ3n) is 3.53. The maximum absolute atomic E-state index is 12.0. The highest BCUT2D eigenvalue weighted by atomic mass is 35.5. The predicted octanol–water partition coefficient (Wildman–Crippen LogP) is 5.49. The smallest absolute Gasteiger partial charge is 0.291 e. The van der Waals surface area contributed by atoms with Gasteiger partial charge in [0.05, 0.1) is 16.3 Å². The van der Waals surface area contributed by atoms with Gasteiger partial charge in [-0.15, -0.1) is 0 Å². The van der Waals surface area contributed by atoms with Crippen LogP contribution in [0.4, 0.5) is 11.4 Å². The van der Waals surface area contributed by atoms with E-state index in [1.165, 1.54) is 12.3 Å². The first-order valence-corrected chi connectivity index (χ1v) is 8.66. The minimum Gasteiger partial charge on any atom is -0.459 e. The van der Waals surface area contributed by atoms with Crippen molar-refractivity contribution in [2.75, 3.05) is 10.6 Å². The molecule has 5 nitrogen and oxygen atoms in total. The third kappa shape index (κ3) is 5.23. The van der Waals surface area contributed by atoms with E-state index >= 15 is 0 Å². The maximum atomic E-state index is 12.0. The number of benzene rings is 2. The van der Waals surface area contributed by atoms with Gasteiger partial charge in [-0.3, -0.25) is 9.59 Å². The summed E-state index contributed by atoms with van der Waals surface area (Å²) in [4.78, 5) is 23.9. The van der Waals surface area contributed by atoms with E-state index in [0.29, 0.717) is 21.4 Å². The molecule has 0 radical (unpaired) electrons. The molecule has 0 aliphatic heterocycles. The van der Waals surface area contributed by atoms with E-state index in [-0.39, 0.29) is 17.6 Å². The van der Waals surface area contributed by atoms with Crippen LogP contribution in [0, 0.1) is 0 Å². The van der Waals surface area contributed by atoms with Crippen molar-refractivity contribution < 1.29 is 14.0 Å². The number of carbonyl (C=O) groups excluding carboxylic acids is 2. The molecule has 0 saturated carbocycles. The second-order valence-corrected chi connectivity index (χ2v) is 6.32. The topological polar surface area (TPSA) is 71.3 Å². The quantitative estimate of drug-likeness (QED) is 0.556. The monoisotopic (exact) mass is 400 g/mol. The van der Waals surface area contributed by atoms with Gasteiger partial charge in [0.1, 0.15) is 0 Å². The van der Waals surface area contributed by atoms with Crippen LogP contribution >= 0.6 is 23.2 Å². The fraction of sp³-hybridized carbons (Fsp3) is 0. The number of nitrogens with one attached hydrogen (secondary N) is 2. The van der Waals surface area contributed by atoms with Gasteiger partial charge < -0.3 is 15.1 Å². The lowest BCUT2D eigenvalue weighted by molar-refractivity contribution is -0.111. The van der Waals surface area contributed by atoms with Crippen molar-refractivity contribution in [1.82, 2.24) is 0 Å². The first-order chi connectivity index (χ1) is 13.0. The fourth-order valence-electron chi connectivity index (χ4n) is 2.21. The number of amides is 2. The van der Waals surface area contributed by atoms with Crippen molar-refractivity contribution in [3.8, 4) is 0 Å². The SMILES string of the molecule is O=C(/C=C/c1ccc(Cl)c(Cl)c1)Nc1ccc(NC(=O)c2ccco2)cc1. The van der Waals surface area contributed by atoms with Crippen LogP contribution < -0.4 is 10.6 Å². The van der Waals surface area contributed by atoms with E-state index in [4.69, 9.17) is 27.6 Å². The summed E-state index contributed by atoms with van der Waals surface area (Å²) in [5.74, 6) is -0.422. The van der Waals surface area contributed by atoms with Gasteiger partial charge >= 0.3 is 0 Å². The Labute approximate surface area is 165 Å². The predicted molar refractivity (Wildman–Crippen MR) is 107 cm³/mol. The van der Waals surface area contributed by atoms with Crippen molar-refractivity contribution in [2.24, 2.45) is 0 Å². The van der Waals surface area contributed by atoms with Crippen LogP contribution in [0.2, 0.25) is 10.0 Å². The van der Waals surface area contributed by atoms with Crippen molar-refractivity contribution in [2.45, 2.75) is 0 Å². The van der Waals surface area contributed by atoms with Crippen molar-refractivity contribution >= 4 is 52.5 Å². The summed E-state index contributed by atoms with van der Waals surface area (Å²) in [7, 11) is 0. The molecule has 2 amide bonds. The van der Waals surface area contributed by atoms with Crippen LogP contribution in [0.5, 0.6) is 0 Å². The molecule has 0 bridgehead atoms. The number of rotatable bonds is 5. The maximum Gasteiger partial charge on any atom is 0.291 e. The lowest BCUT2D eigenvalue weighted by Gasteiger charge is -2.06. The molecule has 0 atom stereocenters. The van der Waals surface area contributed by atoms with Gasteiger partial charge in [0, 0.05) is 17.5 Å². The molecule has 0 saturated heterocycles. The highest BCUT2D eigenvalue weighted by Crippen LogP contribution is 2.23. The van der Waals surface area contributed by atoms with Crippen molar-refractivity contribution in [1.29, 1.82) is 0 Å². The summed E-state index contributed by atoms with van der Waals surface area (Å²) in [6.07, 6.45) is 4.46. The summed E-state index contributed by atoms with van der Waals surface area (Å²) in [6.45, 7) is 0. The van der Waals surface area contributed by atoms with Crippen molar-refractivity contribution in [3.63, 3.8) is 0 Å². The Bertz CT molecular complexity index is 981. The molecule has 3 rings (SSSR count). The Morgan fingerprint density at radius 1 is 0.889 bits per heavy atom. The average molecular weight is 401 g/mol. The molecule has 0 aliphatic carbocycles. The summed E-state index contributed by atoms with van der Waals surface area (Å²) in [5.41, 5.74) is 1.94. The highest BCUT2D eigenvalue weighted by molar-refractivity contribution is 6.42. The normalized spacial score (nSPS) is 10.7. The van der Waals surface area contributed by atoms with Gasteiger partial charge in [0.15, 0.2) is 5.76 Å². The fourth-order valence-corrected chi connectivity index (χ4v) is 2.52. The number of carbonyl (C=O) groups is 2. The summed E-state index contributed by atoms with van der Waals surface area (Å²) >= 11 is 11.8. The molecular formula is C20H14Cl2N2O3. The van der Waals surface area contributed by atoms with Crippen LogP contribution in [0.25, 0.3) is 6.08 Å². The zero-order chi connectivity index (χ0) is 19.2. The Balaban J connectivity index is 1.57. The average Bonchev–Trinajstić information content (AvgIpc) is 3.19. The van der Waals surface area contributed by atoms with E-state index in [2.05, 4.69) is 10.6 Å². The standard InChI is InChI=1S/C20H14Cl2N2O3/c21-16-9-3-13(12-17(16)22)4-10-19(25)23-14-5-7-15(8-6-14)24-20(26)18-2-1-11-27-18/h1-12H,(H,23,25)(H,24,26)/b10-4+. The molecule has 0 fully saturated rings. The second kappa shape index (κ2) is 8.58. The number of hydrogen-bond donors (Lipinski definition) is 2. The van der Waals surface area contributed by atoms with Gasteiger partial charge in [-0.1, -0.05) is 29.3 Å². The van der Waals surface area contributed by atoms with E-state index in [1.54, 1.807) is 60.7 Å². The molecule has 1 heterocycles. The number of anilines is 2. The number of halogens is 2. The highest BCUT2D eigenvalue weighted by Gasteiger charge is 2.08. The summed E-state index contributed by atoms with van der Waals surface area (Å²) in [6, 6.07) is 15.0. The minimum absolute atomic E-state index is 0.222. The second-order valence-electron chi connectivity index (χ2n) is 5.50.